The summed E-state index contributed by atoms with van der Waals surface area (Å²) in [6.45, 7) is 2.41. The van der Waals surface area contributed by atoms with Crippen LogP contribution in [0.15, 0.2) is 47.4 Å². The second-order valence-electron chi connectivity index (χ2n) is 5.03. The second-order valence-corrected chi connectivity index (χ2v) is 5.91. The average Bonchev–Trinajstić information content (AvgIpc) is 2.49. The number of carbonyl (C=O) groups is 1. The summed E-state index contributed by atoms with van der Waals surface area (Å²) in [6, 6.07) is 13.2. The number of thioether (sulfide) groups is 1. The Labute approximate surface area is 129 Å². The third-order valence-electron chi connectivity index (χ3n) is 3.31. The number of nitrogens with zero attached hydrogens (tertiary/aromatic N) is 1. The van der Waals surface area contributed by atoms with E-state index in [4.69, 9.17) is 0 Å². The molecule has 1 amide bonds. The van der Waals surface area contributed by atoms with E-state index in [0.717, 1.165) is 11.1 Å². The first kappa shape index (κ1) is 15.4. The van der Waals surface area contributed by atoms with Crippen LogP contribution in [-0.2, 0) is 6.54 Å². The summed E-state index contributed by atoms with van der Waals surface area (Å²) in [5.41, 5.74) is 2.36. The maximum absolute atomic E-state index is 12.4. The number of aryl methyl sites for hydroxylation is 1. The molecule has 0 radical (unpaired) electrons. The minimum absolute atomic E-state index is 0.0233. The molecule has 2 aromatic rings. The van der Waals surface area contributed by atoms with E-state index >= 15 is 0 Å². The van der Waals surface area contributed by atoms with Gasteiger partial charge in [-0.15, -0.1) is 11.8 Å². The summed E-state index contributed by atoms with van der Waals surface area (Å²) in [6.07, 6.45) is 2.03. The summed E-state index contributed by atoms with van der Waals surface area (Å²) in [4.78, 5) is 15.2. The van der Waals surface area contributed by atoms with Crippen LogP contribution in [0.5, 0.6) is 5.75 Å². The number of aromatic hydroxyl groups is 1. The van der Waals surface area contributed by atoms with E-state index in [1.807, 2.05) is 37.4 Å². The van der Waals surface area contributed by atoms with Crippen LogP contribution in [0.4, 0.5) is 0 Å². The number of carbonyl (C=O) groups excluding carboxylic acids is 1. The molecule has 0 bridgehead atoms. The van der Waals surface area contributed by atoms with Crippen LogP contribution >= 0.6 is 11.8 Å². The molecule has 0 aromatic heterocycles. The summed E-state index contributed by atoms with van der Waals surface area (Å²) >= 11 is 1.69. The van der Waals surface area contributed by atoms with Gasteiger partial charge < -0.3 is 10.0 Å². The van der Waals surface area contributed by atoms with Crippen molar-refractivity contribution < 1.29 is 9.90 Å². The molecule has 110 valence electrons. The first-order chi connectivity index (χ1) is 10.0. The molecule has 3 nitrogen and oxygen atoms in total. The van der Waals surface area contributed by atoms with E-state index in [9.17, 15) is 9.90 Å². The normalized spacial score (nSPS) is 10.4. The van der Waals surface area contributed by atoms with Gasteiger partial charge in [0.15, 0.2) is 0 Å². The van der Waals surface area contributed by atoms with Gasteiger partial charge in [0.2, 0.25) is 0 Å². The molecule has 1 N–H and O–H groups in total. The Hall–Kier alpha value is -1.94. The van der Waals surface area contributed by atoms with Crippen LogP contribution in [0.25, 0.3) is 0 Å². The van der Waals surface area contributed by atoms with Crippen molar-refractivity contribution in [2.45, 2.75) is 18.4 Å². The fraction of sp³-hybridized carbons (Fsp3) is 0.235. The number of rotatable bonds is 4. The molecular weight excluding hydrogens is 282 g/mol. The molecule has 0 saturated heterocycles. The maximum Gasteiger partial charge on any atom is 0.257 e. The van der Waals surface area contributed by atoms with E-state index in [0.29, 0.717) is 12.1 Å². The molecule has 0 fully saturated rings. The van der Waals surface area contributed by atoms with Gasteiger partial charge in [0.1, 0.15) is 5.75 Å². The highest BCUT2D eigenvalue weighted by molar-refractivity contribution is 7.98. The third kappa shape index (κ3) is 3.79. The standard InChI is InChI=1S/C17H19NO2S/c1-12-4-9-16(19)15(10-12)17(20)18(2)11-13-5-7-14(21-3)8-6-13/h4-10,19H,11H2,1-3H3. The molecule has 0 atom stereocenters. The Kier molecular flexibility index (Phi) is 4.91. The molecule has 21 heavy (non-hydrogen) atoms. The fourth-order valence-corrected chi connectivity index (χ4v) is 2.51. The van der Waals surface area contributed by atoms with Crippen molar-refractivity contribution >= 4 is 17.7 Å². The van der Waals surface area contributed by atoms with E-state index in [2.05, 4.69) is 0 Å². The van der Waals surface area contributed by atoms with Gasteiger partial charge in [-0.2, -0.15) is 0 Å². The first-order valence-corrected chi connectivity index (χ1v) is 7.91. The van der Waals surface area contributed by atoms with Crippen LogP contribution in [0, 0.1) is 6.92 Å². The molecule has 0 aliphatic heterocycles. The van der Waals surface area contributed by atoms with Crippen molar-refractivity contribution in [2.24, 2.45) is 0 Å². The number of phenolic OH excluding ortho intramolecular Hbond substituents is 1. The van der Waals surface area contributed by atoms with Crippen molar-refractivity contribution in [1.82, 2.24) is 4.90 Å². The van der Waals surface area contributed by atoms with Crippen LogP contribution in [0.3, 0.4) is 0 Å². The number of phenols is 1. The van der Waals surface area contributed by atoms with Crippen molar-refractivity contribution in [3.8, 4) is 5.75 Å². The number of benzene rings is 2. The smallest absolute Gasteiger partial charge is 0.257 e. The maximum atomic E-state index is 12.4. The average molecular weight is 301 g/mol. The van der Waals surface area contributed by atoms with Crippen molar-refractivity contribution in [3.63, 3.8) is 0 Å². The van der Waals surface area contributed by atoms with Gasteiger partial charge in [-0.1, -0.05) is 23.8 Å². The molecule has 4 heteroatoms. The lowest BCUT2D eigenvalue weighted by molar-refractivity contribution is 0.0782. The largest absolute Gasteiger partial charge is 0.507 e. The van der Waals surface area contributed by atoms with E-state index in [1.165, 1.54) is 4.90 Å². The molecule has 0 spiro atoms. The molecular formula is C17H19NO2S. The van der Waals surface area contributed by atoms with E-state index < -0.39 is 0 Å². The molecule has 0 saturated carbocycles. The zero-order valence-electron chi connectivity index (χ0n) is 12.5. The van der Waals surface area contributed by atoms with E-state index in [1.54, 1.807) is 41.9 Å². The van der Waals surface area contributed by atoms with Crippen LogP contribution in [0.2, 0.25) is 0 Å². The van der Waals surface area contributed by atoms with Gasteiger partial charge in [-0.05, 0) is 43.0 Å². The number of hydrogen-bond donors (Lipinski definition) is 1. The highest BCUT2D eigenvalue weighted by Crippen LogP contribution is 2.21. The summed E-state index contributed by atoms with van der Waals surface area (Å²) in [7, 11) is 1.74. The fourth-order valence-electron chi connectivity index (χ4n) is 2.10. The Morgan fingerprint density at radius 2 is 1.86 bits per heavy atom. The zero-order valence-corrected chi connectivity index (χ0v) is 13.3. The van der Waals surface area contributed by atoms with Gasteiger partial charge in [0, 0.05) is 18.5 Å². The highest BCUT2D eigenvalue weighted by Gasteiger charge is 2.16. The Morgan fingerprint density at radius 1 is 1.19 bits per heavy atom. The predicted octanol–water partition coefficient (Wildman–Crippen LogP) is 3.69. The first-order valence-electron chi connectivity index (χ1n) is 6.69. The van der Waals surface area contributed by atoms with Gasteiger partial charge in [-0.25, -0.2) is 0 Å². The Morgan fingerprint density at radius 3 is 2.48 bits per heavy atom. The lowest BCUT2D eigenvalue weighted by Crippen LogP contribution is -2.26. The second kappa shape index (κ2) is 6.68. The number of amides is 1. The minimum Gasteiger partial charge on any atom is -0.507 e. The third-order valence-corrected chi connectivity index (χ3v) is 4.05. The lowest BCUT2D eigenvalue weighted by atomic mass is 10.1. The monoisotopic (exact) mass is 301 g/mol. The topological polar surface area (TPSA) is 40.5 Å². The molecule has 2 rings (SSSR count). The summed E-state index contributed by atoms with van der Waals surface area (Å²) in [5, 5.41) is 9.84. The van der Waals surface area contributed by atoms with Gasteiger partial charge in [0.05, 0.1) is 5.56 Å². The molecule has 0 aliphatic rings. The number of hydrogen-bond acceptors (Lipinski definition) is 3. The molecule has 2 aromatic carbocycles. The van der Waals surface area contributed by atoms with E-state index in [-0.39, 0.29) is 11.7 Å². The van der Waals surface area contributed by atoms with Gasteiger partial charge >= 0.3 is 0 Å². The molecule has 0 heterocycles. The summed E-state index contributed by atoms with van der Waals surface area (Å²) in [5.74, 6) is -0.152. The van der Waals surface area contributed by atoms with Crippen LogP contribution in [0.1, 0.15) is 21.5 Å². The zero-order chi connectivity index (χ0) is 15.4. The van der Waals surface area contributed by atoms with Crippen molar-refractivity contribution in [2.75, 3.05) is 13.3 Å². The van der Waals surface area contributed by atoms with Crippen molar-refractivity contribution in [1.29, 1.82) is 0 Å². The molecule has 0 unspecified atom stereocenters. The SMILES string of the molecule is CSc1ccc(CN(C)C(=O)c2cc(C)ccc2O)cc1. The Bertz CT molecular complexity index is 638. The molecule has 0 aliphatic carbocycles. The Balaban J connectivity index is 2.13. The quantitative estimate of drug-likeness (QED) is 0.876. The summed E-state index contributed by atoms with van der Waals surface area (Å²) < 4.78 is 0. The van der Waals surface area contributed by atoms with Crippen molar-refractivity contribution in [3.05, 3.63) is 59.2 Å². The minimum atomic E-state index is -0.176. The van der Waals surface area contributed by atoms with Crippen LogP contribution in [-0.4, -0.2) is 29.2 Å². The highest BCUT2D eigenvalue weighted by atomic mass is 32.2. The van der Waals surface area contributed by atoms with Gasteiger partial charge in [-0.3, -0.25) is 4.79 Å². The van der Waals surface area contributed by atoms with Crippen LogP contribution < -0.4 is 0 Å². The lowest BCUT2D eigenvalue weighted by Gasteiger charge is -2.18. The predicted molar refractivity (Wildman–Crippen MR) is 86.9 cm³/mol. The van der Waals surface area contributed by atoms with Gasteiger partial charge in [0.25, 0.3) is 5.91 Å².